The minimum atomic E-state index is -3.57. The zero-order valence-electron chi connectivity index (χ0n) is 17.4. The molecule has 1 N–H and O–H groups in total. The van der Waals surface area contributed by atoms with Gasteiger partial charge in [-0.15, -0.1) is 0 Å². The van der Waals surface area contributed by atoms with E-state index < -0.39 is 10.0 Å². The van der Waals surface area contributed by atoms with Gasteiger partial charge in [-0.3, -0.25) is 9.10 Å². The molecule has 3 aromatic carbocycles. The number of methoxy groups -OCH3 is 1. The molecule has 31 heavy (non-hydrogen) atoms. The molecule has 1 amide bonds. The van der Waals surface area contributed by atoms with Gasteiger partial charge in [0.2, 0.25) is 10.0 Å². The molecule has 0 aliphatic carbocycles. The molecule has 8 heteroatoms. The lowest BCUT2D eigenvalue weighted by molar-refractivity contribution is 0.102. The number of hydrogen-bond acceptors (Lipinski definition) is 4. The fraction of sp³-hybridized carbons (Fsp3) is 0.174. The quantitative estimate of drug-likeness (QED) is 0.547. The third-order valence-corrected chi connectivity index (χ3v) is 6.20. The predicted octanol–water partition coefficient (Wildman–Crippen LogP) is 4.88. The Morgan fingerprint density at radius 1 is 1.06 bits per heavy atom. The highest BCUT2D eigenvalue weighted by Crippen LogP contribution is 2.27. The number of nitrogens with one attached hydrogen (secondary N) is 1. The van der Waals surface area contributed by atoms with Crippen LogP contribution in [0.15, 0.2) is 66.7 Å². The lowest BCUT2D eigenvalue weighted by Crippen LogP contribution is -2.29. The number of sulfonamides is 1. The van der Waals surface area contributed by atoms with Crippen LogP contribution in [0.4, 0.5) is 11.4 Å². The topological polar surface area (TPSA) is 75.7 Å². The largest absolute Gasteiger partial charge is 0.495 e. The van der Waals surface area contributed by atoms with Crippen LogP contribution in [0.3, 0.4) is 0 Å². The lowest BCUT2D eigenvalue weighted by Gasteiger charge is -2.23. The molecule has 0 aliphatic rings. The van der Waals surface area contributed by atoms with Gasteiger partial charge in [-0.25, -0.2) is 8.42 Å². The van der Waals surface area contributed by atoms with Gasteiger partial charge in [-0.1, -0.05) is 35.9 Å². The molecule has 0 bridgehead atoms. The minimum absolute atomic E-state index is 0.0878. The molecule has 3 aromatic rings. The van der Waals surface area contributed by atoms with Crippen LogP contribution in [0.1, 0.15) is 21.5 Å². The Balaban J connectivity index is 1.84. The number of aryl methyl sites for hydroxylation is 1. The van der Waals surface area contributed by atoms with Crippen LogP contribution in [0.5, 0.6) is 5.75 Å². The summed E-state index contributed by atoms with van der Waals surface area (Å²) in [4.78, 5) is 12.7. The Labute approximate surface area is 187 Å². The van der Waals surface area contributed by atoms with E-state index in [-0.39, 0.29) is 12.5 Å². The van der Waals surface area contributed by atoms with Gasteiger partial charge in [0.05, 0.1) is 31.3 Å². The van der Waals surface area contributed by atoms with Crippen molar-refractivity contribution in [2.45, 2.75) is 13.5 Å². The summed E-state index contributed by atoms with van der Waals surface area (Å²) in [6, 6.07) is 18.9. The predicted molar refractivity (Wildman–Crippen MR) is 125 cm³/mol. The van der Waals surface area contributed by atoms with Crippen molar-refractivity contribution in [2.75, 3.05) is 23.0 Å². The molecule has 0 spiro atoms. The second kappa shape index (κ2) is 9.41. The van der Waals surface area contributed by atoms with Crippen LogP contribution in [0.25, 0.3) is 0 Å². The number of hydrogen-bond donors (Lipinski definition) is 1. The second-order valence-corrected chi connectivity index (χ2v) is 9.38. The second-order valence-electron chi connectivity index (χ2n) is 7.07. The van der Waals surface area contributed by atoms with Crippen LogP contribution in [0, 0.1) is 6.92 Å². The SMILES string of the molecule is COc1ccc(C)cc1NC(=O)c1ccc(N(Cc2ccccc2Cl)S(C)(=O)=O)cc1. The summed E-state index contributed by atoms with van der Waals surface area (Å²) >= 11 is 6.20. The smallest absolute Gasteiger partial charge is 0.255 e. The molecular formula is C23H23ClN2O4S. The highest BCUT2D eigenvalue weighted by atomic mass is 35.5. The number of carbonyl (C=O) groups excluding carboxylic acids is 1. The maximum Gasteiger partial charge on any atom is 0.255 e. The van der Waals surface area contributed by atoms with Crippen molar-refractivity contribution in [1.29, 1.82) is 0 Å². The van der Waals surface area contributed by atoms with Crippen LogP contribution >= 0.6 is 11.6 Å². The molecule has 0 unspecified atom stereocenters. The van der Waals surface area contributed by atoms with Crippen molar-refractivity contribution in [2.24, 2.45) is 0 Å². The Kier molecular flexibility index (Phi) is 6.87. The van der Waals surface area contributed by atoms with E-state index in [0.717, 1.165) is 11.8 Å². The van der Waals surface area contributed by atoms with Crippen molar-refractivity contribution < 1.29 is 17.9 Å². The number of halogens is 1. The minimum Gasteiger partial charge on any atom is -0.495 e. The normalized spacial score (nSPS) is 11.1. The molecule has 0 fully saturated rings. The van der Waals surface area contributed by atoms with Crippen molar-refractivity contribution >= 4 is 38.9 Å². The average molecular weight is 459 g/mol. The zero-order chi connectivity index (χ0) is 22.6. The lowest BCUT2D eigenvalue weighted by atomic mass is 10.1. The van der Waals surface area contributed by atoms with Gasteiger partial charge in [-0.05, 0) is 60.5 Å². The molecule has 162 valence electrons. The van der Waals surface area contributed by atoms with E-state index >= 15 is 0 Å². The van der Waals surface area contributed by atoms with Gasteiger partial charge in [-0.2, -0.15) is 0 Å². The molecule has 0 saturated carbocycles. The third-order valence-electron chi connectivity index (χ3n) is 4.69. The maximum atomic E-state index is 12.7. The molecule has 0 radical (unpaired) electrons. The number of rotatable bonds is 7. The third kappa shape index (κ3) is 5.57. The van der Waals surface area contributed by atoms with Crippen LogP contribution < -0.4 is 14.4 Å². The summed E-state index contributed by atoms with van der Waals surface area (Å²) < 4.78 is 31.3. The van der Waals surface area contributed by atoms with Crippen molar-refractivity contribution in [3.8, 4) is 5.75 Å². The van der Waals surface area contributed by atoms with Gasteiger partial charge in [0, 0.05) is 10.6 Å². The zero-order valence-corrected chi connectivity index (χ0v) is 19.0. The Morgan fingerprint density at radius 3 is 2.35 bits per heavy atom. The first-order valence-electron chi connectivity index (χ1n) is 9.46. The van der Waals surface area contributed by atoms with E-state index in [4.69, 9.17) is 16.3 Å². The highest BCUT2D eigenvalue weighted by molar-refractivity contribution is 7.92. The first-order valence-corrected chi connectivity index (χ1v) is 11.7. The summed E-state index contributed by atoms with van der Waals surface area (Å²) in [6.45, 7) is 2.01. The molecule has 6 nitrogen and oxygen atoms in total. The van der Waals surface area contributed by atoms with E-state index in [1.807, 2.05) is 19.1 Å². The van der Waals surface area contributed by atoms with Crippen molar-refractivity contribution in [3.05, 3.63) is 88.4 Å². The van der Waals surface area contributed by atoms with E-state index in [1.54, 1.807) is 54.6 Å². The number of carbonyl (C=O) groups is 1. The molecule has 0 atom stereocenters. The molecular weight excluding hydrogens is 436 g/mol. The Hall–Kier alpha value is -3.03. The monoisotopic (exact) mass is 458 g/mol. The van der Waals surface area contributed by atoms with Crippen molar-refractivity contribution in [3.63, 3.8) is 0 Å². The summed E-state index contributed by atoms with van der Waals surface area (Å²) in [5.41, 5.74) is 3.05. The number of benzene rings is 3. The van der Waals surface area contributed by atoms with Crippen molar-refractivity contribution in [1.82, 2.24) is 0 Å². The van der Waals surface area contributed by atoms with E-state index in [1.165, 1.54) is 11.4 Å². The fourth-order valence-corrected chi connectivity index (χ4v) is 4.15. The Bertz CT molecular complexity index is 1190. The summed E-state index contributed by atoms with van der Waals surface area (Å²) in [6.07, 6.45) is 1.13. The number of nitrogens with zero attached hydrogens (tertiary/aromatic N) is 1. The van der Waals surface area contributed by atoms with Gasteiger partial charge < -0.3 is 10.1 Å². The number of anilines is 2. The number of ether oxygens (including phenoxy) is 1. The summed E-state index contributed by atoms with van der Waals surface area (Å²) in [5.74, 6) is 0.228. The van der Waals surface area contributed by atoms with Crippen LogP contribution in [0.2, 0.25) is 5.02 Å². The number of amides is 1. The molecule has 0 aromatic heterocycles. The van der Waals surface area contributed by atoms with Crippen LogP contribution in [-0.2, 0) is 16.6 Å². The van der Waals surface area contributed by atoms with Gasteiger partial charge in [0.25, 0.3) is 5.91 Å². The van der Waals surface area contributed by atoms with E-state index in [9.17, 15) is 13.2 Å². The summed E-state index contributed by atoms with van der Waals surface area (Å²) in [5, 5.41) is 3.32. The highest BCUT2D eigenvalue weighted by Gasteiger charge is 2.20. The van der Waals surface area contributed by atoms with Crippen LogP contribution in [-0.4, -0.2) is 27.7 Å². The van der Waals surface area contributed by atoms with Gasteiger partial charge >= 0.3 is 0 Å². The van der Waals surface area contributed by atoms with E-state index in [0.29, 0.717) is 33.3 Å². The average Bonchev–Trinajstić information content (AvgIpc) is 2.72. The van der Waals surface area contributed by atoms with E-state index in [2.05, 4.69) is 5.32 Å². The molecule has 0 saturated heterocycles. The first-order chi connectivity index (χ1) is 14.7. The molecule has 0 heterocycles. The fourth-order valence-electron chi connectivity index (χ4n) is 3.07. The Morgan fingerprint density at radius 2 is 1.74 bits per heavy atom. The molecule has 0 aliphatic heterocycles. The van der Waals surface area contributed by atoms with Gasteiger partial charge in [0.15, 0.2) is 0 Å². The first kappa shape index (κ1) is 22.7. The van der Waals surface area contributed by atoms with Gasteiger partial charge in [0.1, 0.15) is 5.75 Å². The summed E-state index contributed by atoms with van der Waals surface area (Å²) in [7, 11) is -2.04. The standard InChI is InChI=1S/C23H23ClN2O4S/c1-16-8-13-22(30-2)21(14-16)25-23(27)17-9-11-19(12-10-17)26(31(3,28)29)15-18-6-4-5-7-20(18)24/h4-14H,15H2,1-3H3,(H,25,27). The maximum absolute atomic E-state index is 12.7. The molecule has 3 rings (SSSR count).